The third-order valence-electron chi connectivity index (χ3n) is 1.91. The number of hydrogen-bond donors (Lipinski definition) is 1. The summed E-state index contributed by atoms with van der Waals surface area (Å²) < 4.78 is 0. The Morgan fingerprint density at radius 3 is 2.31 bits per heavy atom. The Kier molecular flexibility index (Phi) is 6.39. The first kappa shape index (κ1) is 13.0. The van der Waals surface area contributed by atoms with Crippen LogP contribution in [0.3, 0.4) is 0 Å². The molecule has 0 saturated carbocycles. The molecule has 0 saturated heterocycles. The SMILES string of the molecule is C[C@H]([C-]=O)[C@H](N)c1ccccc1.[Y]. The van der Waals surface area contributed by atoms with Crippen LogP contribution in [-0.4, -0.2) is 6.29 Å². The number of hydrogen-bond acceptors (Lipinski definition) is 2. The molecule has 0 heterocycles. The normalized spacial score (nSPS) is 14.0. The molecule has 0 spiro atoms. The van der Waals surface area contributed by atoms with Crippen LogP contribution in [0.1, 0.15) is 18.5 Å². The van der Waals surface area contributed by atoms with Gasteiger partial charge in [0.25, 0.3) is 0 Å². The second-order valence-corrected chi connectivity index (χ2v) is 2.84. The fourth-order valence-electron chi connectivity index (χ4n) is 1.04. The van der Waals surface area contributed by atoms with Crippen molar-refractivity contribution in [3.05, 3.63) is 35.9 Å². The van der Waals surface area contributed by atoms with E-state index in [1.54, 1.807) is 6.92 Å². The topological polar surface area (TPSA) is 43.1 Å². The smallest absolute Gasteiger partial charge is 0.00780 e. The van der Waals surface area contributed by atoms with Crippen molar-refractivity contribution in [1.29, 1.82) is 0 Å². The van der Waals surface area contributed by atoms with Crippen LogP contribution in [0.15, 0.2) is 30.3 Å². The van der Waals surface area contributed by atoms with E-state index < -0.39 is 0 Å². The number of benzene rings is 1. The molecule has 2 nitrogen and oxygen atoms in total. The summed E-state index contributed by atoms with van der Waals surface area (Å²) in [5.74, 6) is -0.243. The van der Waals surface area contributed by atoms with Gasteiger partial charge in [-0.1, -0.05) is 37.3 Å². The van der Waals surface area contributed by atoms with Crippen LogP contribution in [0.25, 0.3) is 0 Å². The maximum atomic E-state index is 10.3. The summed E-state index contributed by atoms with van der Waals surface area (Å²) in [5, 5.41) is 0. The quantitative estimate of drug-likeness (QED) is 0.826. The monoisotopic (exact) mass is 251 g/mol. The Hall–Kier alpha value is -0.0461. The molecule has 1 aromatic carbocycles. The molecule has 67 valence electrons. The first-order valence-corrected chi connectivity index (χ1v) is 3.94. The van der Waals surface area contributed by atoms with E-state index in [1.165, 1.54) is 0 Å². The van der Waals surface area contributed by atoms with Gasteiger partial charge >= 0.3 is 0 Å². The standard InChI is InChI=1S/C10H12NO.Y/c1-8(7-12)10(11)9-5-3-2-4-6-9;/h2-6,8,10H,11H2,1H3;/q-1;/t8-,10+;/m1./s1. The maximum Gasteiger partial charge on any atom is 0.00780 e. The van der Waals surface area contributed by atoms with E-state index in [1.807, 2.05) is 36.6 Å². The molecule has 0 aliphatic heterocycles. The first-order valence-electron chi connectivity index (χ1n) is 3.94. The Morgan fingerprint density at radius 2 is 1.85 bits per heavy atom. The predicted octanol–water partition coefficient (Wildman–Crippen LogP) is 1.43. The van der Waals surface area contributed by atoms with Crippen molar-refractivity contribution in [2.75, 3.05) is 0 Å². The fraction of sp³-hybridized carbons (Fsp3) is 0.300. The van der Waals surface area contributed by atoms with Crippen molar-refractivity contribution in [2.24, 2.45) is 11.7 Å². The van der Waals surface area contributed by atoms with Gasteiger partial charge in [-0.3, -0.25) is 6.29 Å². The minimum absolute atomic E-state index is 0. The van der Waals surface area contributed by atoms with Gasteiger partial charge in [0, 0.05) is 38.8 Å². The summed E-state index contributed by atoms with van der Waals surface area (Å²) in [6, 6.07) is 9.34. The number of nitrogens with two attached hydrogens (primary N) is 1. The Labute approximate surface area is 104 Å². The molecular formula is C10H12NOY-. The van der Waals surface area contributed by atoms with Gasteiger partial charge in [0.1, 0.15) is 0 Å². The Morgan fingerprint density at radius 1 is 1.31 bits per heavy atom. The van der Waals surface area contributed by atoms with E-state index in [4.69, 9.17) is 5.73 Å². The van der Waals surface area contributed by atoms with Gasteiger partial charge in [-0.05, 0) is 5.56 Å². The van der Waals surface area contributed by atoms with E-state index in [0.717, 1.165) is 5.56 Å². The van der Waals surface area contributed by atoms with Gasteiger partial charge in [0.2, 0.25) is 0 Å². The molecule has 0 fully saturated rings. The fourth-order valence-corrected chi connectivity index (χ4v) is 1.04. The van der Waals surface area contributed by atoms with Crippen LogP contribution in [0.5, 0.6) is 0 Å². The van der Waals surface area contributed by atoms with Gasteiger partial charge in [0.05, 0.1) is 0 Å². The van der Waals surface area contributed by atoms with Crippen LogP contribution in [0.2, 0.25) is 0 Å². The zero-order chi connectivity index (χ0) is 8.97. The predicted molar refractivity (Wildman–Crippen MR) is 48.2 cm³/mol. The third-order valence-corrected chi connectivity index (χ3v) is 1.91. The summed E-state index contributed by atoms with van der Waals surface area (Å²) in [6.45, 7) is 1.77. The van der Waals surface area contributed by atoms with E-state index in [9.17, 15) is 4.79 Å². The number of rotatable bonds is 3. The zero-order valence-electron chi connectivity index (χ0n) is 7.60. The van der Waals surface area contributed by atoms with Crippen molar-refractivity contribution >= 4 is 6.29 Å². The van der Waals surface area contributed by atoms with Crippen molar-refractivity contribution in [2.45, 2.75) is 13.0 Å². The van der Waals surface area contributed by atoms with Gasteiger partial charge in [-0.2, -0.15) is 0 Å². The van der Waals surface area contributed by atoms with E-state index in [2.05, 4.69) is 0 Å². The first-order chi connectivity index (χ1) is 5.75. The van der Waals surface area contributed by atoms with Crippen LogP contribution in [0, 0.1) is 5.92 Å². The molecule has 0 amide bonds. The van der Waals surface area contributed by atoms with E-state index in [0.29, 0.717) is 0 Å². The average Bonchev–Trinajstić information content (AvgIpc) is 2.17. The molecule has 0 aliphatic carbocycles. The van der Waals surface area contributed by atoms with E-state index >= 15 is 0 Å². The van der Waals surface area contributed by atoms with Gasteiger partial charge in [0.15, 0.2) is 0 Å². The minimum atomic E-state index is -0.243. The Balaban J connectivity index is 0.00000144. The number of carbonyl (C=O) groups excluding carboxylic acids is 1. The van der Waals surface area contributed by atoms with E-state index in [-0.39, 0.29) is 44.7 Å². The second kappa shape index (κ2) is 6.41. The van der Waals surface area contributed by atoms with Crippen LogP contribution in [-0.2, 0) is 37.5 Å². The largest absolute Gasteiger partial charge is 0.541 e. The van der Waals surface area contributed by atoms with Crippen LogP contribution in [0.4, 0.5) is 0 Å². The van der Waals surface area contributed by atoms with Crippen molar-refractivity contribution in [3.63, 3.8) is 0 Å². The van der Waals surface area contributed by atoms with Crippen LogP contribution >= 0.6 is 0 Å². The summed E-state index contributed by atoms with van der Waals surface area (Å²) in [6.07, 6.45) is 1.89. The summed E-state index contributed by atoms with van der Waals surface area (Å²) in [4.78, 5) is 10.3. The molecule has 0 bridgehead atoms. The zero-order valence-corrected chi connectivity index (χ0v) is 10.4. The summed E-state index contributed by atoms with van der Waals surface area (Å²) in [7, 11) is 0. The van der Waals surface area contributed by atoms with Gasteiger partial charge in [-0.15, -0.1) is 5.92 Å². The molecule has 2 N–H and O–H groups in total. The minimum Gasteiger partial charge on any atom is -0.541 e. The molecule has 0 unspecified atom stereocenters. The summed E-state index contributed by atoms with van der Waals surface area (Å²) in [5.41, 5.74) is 6.77. The molecule has 1 rings (SSSR count). The van der Waals surface area contributed by atoms with Gasteiger partial charge in [-0.25, -0.2) is 0 Å². The molecule has 0 aromatic heterocycles. The molecular weight excluding hydrogens is 239 g/mol. The summed E-state index contributed by atoms with van der Waals surface area (Å²) >= 11 is 0. The van der Waals surface area contributed by atoms with Crippen molar-refractivity contribution in [3.8, 4) is 0 Å². The molecule has 0 aliphatic rings. The maximum absolute atomic E-state index is 10.3. The molecule has 1 radical (unpaired) electrons. The third kappa shape index (κ3) is 3.67. The molecule has 1 aromatic rings. The molecule has 13 heavy (non-hydrogen) atoms. The molecule has 3 heteroatoms. The van der Waals surface area contributed by atoms with Crippen molar-refractivity contribution in [1.82, 2.24) is 0 Å². The Bertz CT molecular complexity index is 250. The average molecular weight is 251 g/mol. The van der Waals surface area contributed by atoms with Crippen molar-refractivity contribution < 1.29 is 37.5 Å². The molecule has 2 atom stereocenters. The van der Waals surface area contributed by atoms with Gasteiger partial charge < -0.3 is 10.5 Å². The second-order valence-electron chi connectivity index (χ2n) is 2.84. The van der Waals surface area contributed by atoms with Crippen LogP contribution < -0.4 is 5.73 Å².